The highest BCUT2D eigenvalue weighted by Gasteiger charge is 2.20. The first-order valence-electron chi connectivity index (χ1n) is 21.7. The molecule has 1 aromatic rings. The molecule has 0 aliphatic heterocycles. The third kappa shape index (κ3) is 28.6. The normalized spacial score (nSPS) is 13.6. The number of amides is 9. The van der Waals surface area contributed by atoms with Crippen molar-refractivity contribution in [3.05, 3.63) is 35.9 Å². The second kappa shape index (κ2) is 33.4. The van der Waals surface area contributed by atoms with E-state index in [0.717, 1.165) is 31.2 Å². The summed E-state index contributed by atoms with van der Waals surface area (Å²) in [6.45, 7) is 8.55. The molecule has 18 heteroatoms. The number of benzene rings is 1. The lowest BCUT2D eigenvalue weighted by Crippen LogP contribution is -2.55. The molecule has 0 saturated heterocycles. The van der Waals surface area contributed by atoms with E-state index in [1.807, 2.05) is 30.3 Å². The molecule has 0 aromatic heterocycles. The smallest absolute Gasteiger partial charge is 0.315 e. The molecule has 0 fully saturated rings. The third-order valence-corrected chi connectivity index (χ3v) is 9.71. The van der Waals surface area contributed by atoms with E-state index < -0.39 is 30.2 Å². The van der Waals surface area contributed by atoms with Crippen molar-refractivity contribution in [3.8, 4) is 0 Å². The molecule has 1 rings (SSSR count). The summed E-state index contributed by atoms with van der Waals surface area (Å²) in [5.74, 6) is 0.296. The Balaban J connectivity index is 2.69. The number of primary amides is 1. The molecule has 0 heterocycles. The van der Waals surface area contributed by atoms with Crippen LogP contribution in [0.25, 0.3) is 0 Å². The Morgan fingerprint density at radius 1 is 0.559 bits per heavy atom. The Morgan fingerprint density at radius 2 is 1.02 bits per heavy atom. The van der Waals surface area contributed by atoms with E-state index in [2.05, 4.69) is 68.6 Å². The number of carbonyl (C=O) groups is 5. The minimum absolute atomic E-state index is 0.0274. The van der Waals surface area contributed by atoms with Gasteiger partial charge in [-0.15, -0.1) is 0 Å². The Morgan fingerprint density at radius 3 is 1.51 bits per heavy atom. The predicted molar refractivity (Wildman–Crippen MR) is 235 cm³/mol. The molecule has 0 aliphatic rings. The van der Waals surface area contributed by atoms with Crippen LogP contribution in [0.1, 0.15) is 103 Å². The van der Waals surface area contributed by atoms with Crippen molar-refractivity contribution in [3.63, 3.8) is 0 Å². The van der Waals surface area contributed by atoms with Gasteiger partial charge in [0.15, 0.2) is 0 Å². The zero-order valence-electron chi connectivity index (χ0n) is 36.1. The fraction of sp³-hybridized carbons (Fsp3) is 0.732. The van der Waals surface area contributed by atoms with Gasteiger partial charge in [0.05, 0.1) is 6.04 Å². The predicted octanol–water partition coefficient (Wildman–Crippen LogP) is 1.58. The fourth-order valence-corrected chi connectivity index (χ4v) is 6.59. The SMILES string of the molecule is CCCCCCCCCC(=O)N[C@H](CNC(=O)N[C@@H](CCN)CNC(=O)N[C@@H](CCN)CN[C@H](CNC(=O)N[C@@H](CCN)CNC(N)=O)CC(C)C)Cc1ccccc1. The van der Waals surface area contributed by atoms with E-state index in [1.54, 1.807) is 0 Å². The van der Waals surface area contributed by atoms with Crippen molar-refractivity contribution in [2.75, 3.05) is 52.4 Å². The maximum atomic E-state index is 13.1. The molecule has 5 atom stereocenters. The van der Waals surface area contributed by atoms with Crippen molar-refractivity contribution in [1.29, 1.82) is 0 Å². The highest BCUT2D eigenvalue weighted by molar-refractivity contribution is 5.77. The maximum absolute atomic E-state index is 13.1. The summed E-state index contributed by atoms with van der Waals surface area (Å²) in [7, 11) is 0. The van der Waals surface area contributed by atoms with Crippen LogP contribution in [0.4, 0.5) is 19.2 Å². The van der Waals surface area contributed by atoms with Gasteiger partial charge in [0.2, 0.25) is 5.91 Å². The quantitative estimate of drug-likeness (QED) is 0.0457. The highest BCUT2D eigenvalue weighted by Crippen LogP contribution is 2.09. The molecule has 59 heavy (non-hydrogen) atoms. The fourth-order valence-electron chi connectivity index (χ4n) is 6.59. The standard InChI is InChI=1S/C41H79N13O5/c1-4-5-6-7-8-9-13-16-37(55)51-36(24-31-14-11-10-12-15-31)29-50-41(59)54-34(19-22-44)27-48-39(57)52-32(17-20-42)25-46-35(23-30(2)3)28-49-40(58)53-33(18-21-43)26-47-38(45)56/h10-12,14-15,30,32-36,46H,4-9,13,16-29,42-44H2,1-3H3,(H,51,55)(H3,45,47,56)(H2,48,52,57)(H2,49,53,58)(H2,50,54,59)/t32-,33-,34-,35-,36-/m0/s1. The molecule has 0 bridgehead atoms. The number of hydrogen-bond donors (Lipinski definition) is 13. The van der Waals surface area contributed by atoms with Gasteiger partial charge in [-0.3, -0.25) is 4.79 Å². The summed E-state index contributed by atoms with van der Waals surface area (Å²) >= 11 is 0. The number of urea groups is 4. The van der Waals surface area contributed by atoms with Crippen LogP contribution in [-0.2, 0) is 11.2 Å². The first kappa shape index (κ1) is 52.6. The average Bonchev–Trinajstić information content (AvgIpc) is 3.19. The number of carbonyl (C=O) groups excluding carboxylic acids is 5. The van der Waals surface area contributed by atoms with Gasteiger partial charge in [-0.25, -0.2) is 19.2 Å². The zero-order chi connectivity index (χ0) is 43.7. The molecule has 18 nitrogen and oxygen atoms in total. The number of nitrogens with one attached hydrogen (secondary N) is 9. The minimum Gasteiger partial charge on any atom is -0.352 e. The molecule has 338 valence electrons. The average molecular weight is 834 g/mol. The molecule has 0 spiro atoms. The van der Waals surface area contributed by atoms with E-state index in [0.29, 0.717) is 70.7 Å². The van der Waals surface area contributed by atoms with Gasteiger partial charge in [-0.05, 0) is 69.6 Å². The second-order valence-electron chi connectivity index (χ2n) is 15.7. The molecule has 9 amide bonds. The second-order valence-corrected chi connectivity index (χ2v) is 15.7. The lowest BCUT2D eigenvalue weighted by Gasteiger charge is -2.26. The van der Waals surface area contributed by atoms with Crippen molar-refractivity contribution in [2.45, 2.75) is 134 Å². The van der Waals surface area contributed by atoms with Crippen molar-refractivity contribution >= 4 is 30.0 Å². The van der Waals surface area contributed by atoms with Crippen LogP contribution in [0.5, 0.6) is 0 Å². The minimum atomic E-state index is -0.684. The highest BCUT2D eigenvalue weighted by atomic mass is 16.2. The molecule has 0 radical (unpaired) electrons. The number of rotatable bonds is 33. The van der Waals surface area contributed by atoms with Crippen molar-refractivity contribution in [2.24, 2.45) is 28.9 Å². The largest absolute Gasteiger partial charge is 0.352 e. The molecule has 17 N–H and O–H groups in total. The van der Waals surface area contributed by atoms with Crippen molar-refractivity contribution < 1.29 is 24.0 Å². The lowest BCUT2D eigenvalue weighted by molar-refractivity contribution is -0.121. The molecule has 0 aliphatic carbocycles. The van der Waals surface area contributed by atoms with Gasteiger partial charge in [0.1, 0.15) is 0 Å². The van der Waals surface area contributed by atoms with Crippen LogP contribution in [0.3, 0.4) is 0 Å². The number of nitrogens with two attached hydrogens (primary N) is 4. The topological polar surface area (TPSA) is 298 Å². The first-order chi connectivity index (χ1) is 28.4. The van der Waals surface area contributed by atoms with E-state index in [4.69, 9.17) is 22.9 Å². The van der Waals surface area contributed by atoms with E-state index in [-0.39, 0.29) is 49.7 Å². The van der Waals surface area contributed by atoms with E-state index in [9.17, 15) is 24.0 Å². The Hall–Kier alpha value is -4.39. The summed E-state index contributed by atoms with van der Waals surface area (Å²) < 4.78 is 0. The first-order valence-corrected chi connectivity index (χ1v) is 21.7. The van der Waals surface area contributed by atoms with Crippen LogP contribution < -0.4 is 70.8 Å². The molecule has 1 aromatic carbocycles. The summed E-state index contributed by atoms with van der Waals surface area (Å²) in [4.78, 5) is 62.8. The molecular formula is C41H79N13O5. The van der Waals surface area contributed by atoms with Crippen LogP contribution in [-0.4, -0.2) is 113 Å². The van der Waals surface area contributed by atoms with E-state index >= 15 is 0 Å². The van der Waals surface area contributed by atoms with Gasteiger partial charge in [-0.2, -0.15) is 0 Å². The summed E-state index contributed by atoms with van der Waals surface area (Å²) in [6.07, 6.45) is 11.0. The van der Waals surface area contributed by atoms with Crippen LogP contribution >= 0.6 is 0 Å². The Labute approximate surface area is 352 Å². The third-order valence-electron chi connectivity index (χ3n) is 9.71. The summed E-state index contributed by atoms with van der Waals surface area (Å²) in [6, 6.07) is 6.35. The molecular weight excluding hydrogens is 755 g/mol. The Kier molecular flexibility index (Phi) is 29.8. The van der Waals surface area contributed by atoms with Gasteiger partial charge >= 0.3 is 24.1 Å². The number of unbranched alkanes of at least 4 members (excludes halogenated alkanes) is 6. The molecule has 0 unspecified atom stereocenters. The van der Waals surface area contributed by atoms with Crippen molar-refractivity contribution in [1.82, 2.24) is 47.9 Å². The van der Waals surface area contributed by atoms with E-state index in [1.165, 1.54) is 25.7 Å². The Bertz CT molecular complexity index is 1290. The van der Waals surface area contributed by atoms with Gasteiger partial charge in [0, 0.05) is 63.3 Å². The van der Waals surface area contributed by atoms with Crippen LogP contribution in [0, 0.1) is 5.92 Å². The summed E-state index contributed by atoms with van der Waals surface area (Å²) in [5, 5.41) is 26.4. The van der Waals surface area contributed by atoms with Gasteiger partial charge in [-0.1, -0.05) is 89.6 Å². The van der Waals surface area contributed by atoms with Crippen LogP contribution in [0.2, 0.25) is 0 Å². The monoisotopic (exact) mass is 834 g/mol. The van der Waals surface area contributed by atoms with Gasteiger partial charge < -0.3 is 70.8 Å². The van der Waals surface area contributed by atoms with Gasteiger partial charge in [0.25, 0.3) is 0 Å². The summed E-state index contributed by atoms with van der Waals surface area (Å²) in [5.41, 5.74) is 23.6. The molecule has 0 saturated carbocycles. The van der Waals surface area contributed by atoms with Crippen LogP contribution in [0.15, 0.2) is 30.3 Å². The zero-order valence-corrected chi connectivity index (χ0v) is 36.1. The lowest BCUT2D eigenvalue weighted by atomic mass is 10.0. The maximum Gasteiger partial charge on any atom is 0.315 e. The number of hydrogen-bond acceptors (Lipinski definition) is 9.